The molecular formula is C15H25N3S. The molecule has 1 aromatic rings. The summed E-state index contributed by atoms with van der Waals surface area (Å²) >= 11 is 5.38. The Morgan fingerprint density at radius 3 is 2.63 bits per heavy atom. The number of nitrogens with one attached hydrogen (secondary N) is 1. The lowest BCUT2D eigenvalue weighted by molar-refractivity contribution is 0.151. The first-order valence-corrected chi connectivity index (χ1v) is 8.24. The average molecular weight is 279 g/mol. The predicted molar refractivity (Wildman–Crippen MR) is 79.8 cm³/mol. The van der Waals surface area contributed by atoms with Crippen molar-refractivity contribution in [2.24, 2.45) is 11.8 Å². The molecule has 0 amide bonds. The van der Waals surface area contributed by atoms with E-state index in [1.54, 1.807) is 0 Å². The van der Waals surface area contributed by atoms with Crippen molar-refractivity contribution < 1.29 is 0 Å². The van der Waals surface area contributed by atoms with Gasteiger partial charge in [0.1, 0.15) is 5.82 Å². The van der Waals surface area contributed by atoms with E-state index >= 15 is 0 Å². The van der Waals surface area contributed by atoms with Crippen molar-refractivity contribution in [3.05, 3.63) is 10.6 Å². The van der Waals surface area contributed by atoms with Crippen molar-refractivity contribution in [3.8, 4) is 0 Å². The van der Waals surface area contributed by atoms with Crippen molar-refractivity contribution >= 4 is 12.2 Å². The highest BCUT2D eigenvalue weighted by atomic mass is 32.1. The third-order valence-corrected chi connectivity index (χ3v) is 5.44. The van der Waals surface area contributed by atoms with Gasteiger partial charge in [-0.15, -0.1) is 0 Å². The Morgan fingerprint density at radius 2 is 1.89 bits per heavy atom. The Balaban J connectivity index is 1.81. The summed E-state index contributed by atoms with van der Waals surface area (Å²) in [7, 11) is 0. The zero-order valence-electron chi connectivity index (χ0n) is 12.1. The first-order valence-electron chi connectivity index (χ1n) is 7.83. The zero-order chi connectivity index (χ0) is 13.4. The number of hydrogen-bond donors (Lipinski definition) is 1. The maximum Gasteiger partial charge on any atom is 0.195 e. The van der Waals surface area contributed by atoms with Crippen LogP contribution in [0.4, 0.5) is 0 Å². The summed E-state index contributed by atoms with van der Waals surface area (Å²) in [5.74, 6) is 3.77. The van der Waals surface area contributed by atoms with Gasteiger partial charge in [-0.05, 0) is 57.2 Å². The summed E-state index contributed by atoms with van der Waals surface area (Å²) in [5, 5.41) is 7.55. The molecule has 3 rings (SSSR count). The largest absolute Gasteiger partial charge is 0.301 e. The van der Waals surface area contributed by atoms with Gasteiger partial charge in [0.25, 0.3) is 0 Å². The summed E-state index contributed by atoms with van der Waals surface area (Å²) in [4.78, 5) is 0. The summed E-state index contributed by atoms with van der Waals surface area (Å²) in [6.07, 6.45) is 9.82. The van der Waals surface area contributed by atoms with Crippen molar-refractivity contribution in [1.29, 1.82) is 0 Å². The summed E-state index contributed by atoms with van der Waals surface area (Å²) in [5.41, 5.74) is 0. The molecule has 0 bridgehead atoms. The molecule has 3 unspecified atom stereocenters. The van der Waals surface area contributed by atoms with E-state index in [4.69, 9.17) is 12.2 Å². The molecule has 4 heteroatoms. The molecule has 0 aliphatic heterocycles. The summed E-state index contributed by atoms with van der Waals surface area (Å²) < 4.78 is 3.01. The van der Waals surface area contributed by atoms with Gasteiger partial charge in [-0.1, -0.05) is 25.7 Å². The number of hydrogen-bond acceptors (Lipinski definition) is 2. The van der Waals surface area contributed by atoms with Gasteiger partial charge in [0.15, 0.2) is 4.77 Å². The molecular weight excluding hydrogens is 254 g/mol. The van der Waals surface area contributed by atoms with E-state index < -0.39 is 0 Å². The minimum atomic E-state index is 0.408. The second-order valence-corrected chi connectivity index (χ2v) is 7.05. The van der Waals surface area contributed by atoms with Crippen LogP contribution in [0.5, 0.6) is 0 Å². The Bertz CT molecular complexity index is 488. The molecule has 1 N–H and O–H groups in total. The lowest BCUT2D eigenvalue weighted by Gasteiger charge is -2.39. The SMILES string of the molecule is CC(C)n1c(C2CCC3CCCCC3C2)n[nH]c1=S. The van der Waals surface area contributed by atoms with Crippen LogP contribution in [0.25, 0.3) is 0 Å². The van der Waals surface area contributed by atoms with Gasteiger partial charge in [-0.2, -0.15) is 5.10 Å². The van der Waals surface area contributed by atoms with Crippen molar-refractivity contribution in [2.45, 2.75) is 70.8 Å². The molecule has 2 saturated carbocycles. The van der Waals surface area contributed by atoms with Crippen LogP contribution < -0.4 is 0 Å². The molecule has 0 spiro atoms. The molecule has 0 saturated heterocycles. The van der Waals surface area contributed by atoms with Crippen molar-refractivity contribution in [1.82, 2.24) is 14.8 Å². The molecule has 2 aliphatic carbocycles. The Labute approximate surface area is 120 Å². The topological polar surface area (TPSA) is 33.6 Å². The molecule has 3 nitrogen and oxygen atoms in total. The van der Waals surface area contributed by atoms with Gasteiger partial charge in [0.05, 0.1) is 0 Å². The van der Waals surface area contributed by atoms with Crippen LogP contribution in [-0.2, 0) is 0 Å². The standard InChI is InChI=1S/C15H25N3S/c1-10(2)18-14(16-17-15(18)19)13-8-7-11-5-3-4-6-12(11)9-13/h10-13H,3-9H2,1-2H3,(H,17,19). The van der Waals surface area contributed by atoms with Gasteiger partial charge in [-0.25, -0.2) is 0 Å². The Hall–Kier alpha value is -0.640. The van der Waals surface area contributed by atoms with E-state index in [-0.39, 0.29) is 0 Å². The van der Waals surface area contributed by atoms with E-state index in [0.29, 0.717) is 12.0 Å². The monoisotopic (exact) mass is 279 g/mol. The predicted octanol–water partition coefficient (Wildman–Crippen LogP) is 4.60. The van der Waals surface area contributed by atoms with Crippen LogP contribution in [0, 0.1) is 16.6 Å². The lowest BCUT2D eigenvalue weighted by atomic mass is 9.67. The first-order chi connectivity index (χ1) is 9.16. The summed E-state index contributed by atoms with van der Waals surface area (Å²) in [6.45, 7) is 4.39. The van der Waals surface area contributed by atoms with E-state index in [0.717, 1.165) is 16.6 Å². The molecule has 3 atom stereocenters. The second kappa shape index (κ2) is 5.39. The zero-order valence-corrected chi connectivity index (χ0v) is 12.9. The number of rotatable bonds is 2. The highest BCUT2D eigenvalue weighted by Crippen LogP contribution is 2.45. The van der Waals surface area contributed by atoms with Crippen LogP contribution in [0.1, 0.15) is 76.6 Å². The quantitative estimate of drug-likeness (QED) is 0.803. The molecule has 0 radical (unpaired) electrons. The van der Waals surface area contributed by atoms with E-state index in [1.807, 2.05) is 0 Å². The number of fused-ring (bicyclic) bond motifs is 1. The molecule has 1 heterocycles. The second-order valence-electron chi connectivity index (χ2n) is 6.67. The fraction of sp³-hybridized carbons (Fsp3) is 0.867. The smallest absolute Gasteiger partial charge is 0.195 e. The van der Waals surface area contributed by atoms with Crippen LogP contribution in [0.15, 0.2) is 0 Å². The van der Waals surface area contributed by atoms with Crippen LogP contribution >= 0.6 is 12.2 Å². The van der Waals surface area contributed by atoms with Crippen molar-refractivity contribution in [3.63, 3.8) is 0 Å². The summed E-state index contributed by atoms with van der Waals surface area (Å²) in [6, 6.07) is 0.408. The van der Waals surface area contributed by atoms with Crippen LogP contribution in [-0.4, -0.2) is 14.8 Å². The van der Waals surface area contributed by atoms with E-state index in [2.05, 4.69) is 28.6 Å². The number of H-pyrrole nitrogens is 1. The molecule has 2 aliphatic rings. The molecule has 19 heavy (non-hydrogen) atoms. The van der Waals surface area contributed by atoms with Crippen LogP contribution in [0.2, 0.25) is 0 Å². The van der Waals surface area contributed by atoms with E-state index in [9.17, 15) is 0 Å². The number of aromatic nitrogens is 3. The van der Waals surface area contributed by atoms with E-state index in [1.165, 1.54) is 50.8 Å². The minimum absolute atomic E-state index is 0.408. The molecule has 106 valence electrons. The van der Waals surface area contributed by atoms with Gasteiger partial charge >= 0.3 is 0 Å². The van der Waals surface area contributed by atoms with Gasteiger partial charge in [-0.3, -0.25) is 5.10 Å². The number of aromatic amines is 1. The lowest BCUT2D eigenvalue weighted by Crippen LogP contribution is -2.28. The average Bonchev–Trinajstić information content (AvgIpc) is 2.80. The van der Waals surface area contributed by atoms with Gasteiger partial charge < -0.3 is 4.57 Å². The third-order valence-electron chi connectivity index (χ3n) is 5.15. The first kappa shape index (κ1) is 13.3. The molecule has 0 aromatic carbocycles. The maximum atomic E-state index is 5.38. The number of nitrogens with zero attached hydrogens (tertiary/aromatic N) is 2. The highest BCUT2D eigenvalue weighted by Gasteiger charge is 2.34. The van der Waals surface area contributed by atoms with Crippen LogP contribution in [0.3, 0.4) is 0 Å². The van der Waals surface area contributed by atoms with Crippen molar-refractivity contribution in [2.75, 3.05) is 0 Å². The fourth-order valence-corrected chi connectivity index (χ4v) is 4.56. The minimum Gasteiger partial charge on any atom is -0.301 e. The molecule has 2 fully saturated rings. The van der Waals surface area contributed by atoms with Gasteiger partial charge in [0.2, 0.25) is 0 Å². The highest BCUT2D eigenvalue weighted by molar-refractivity contribution is 7.71. The Kier molecular flexibility index (Phi) is 3.79. The molecule has 1 aromatic heterocycles. The van der Waals surface area contributed by atoms with Gasteiger partial charge in [0, 0.05) is 12.0 Å². The fourth-order valence-electron chi connectivity index (χ4n) is 4.21. The Morgan fingerprint density at radius 1 is 1.16 bits per heavy atom. The normalized spacial score (nSPS) is 31.4. The third kappa shape index (κ3) is 2.51. The maximum absolute atomic E-state index is 5.38.